The smallest absolute Gasteiger partial charge is 0.0386 e. The highest BCUT2D eigenvalue weighted by Crippen LogP contribution is 2.25. The average Bonchev–Trinajstić information content (AvgIpc) is 2.28. The molecule has 0 aliphatic rings. The molecule has 0 fully saturated rings. The van der Waals surface area contributed by atoms with Gasteiger partial charge in [-0.3, -0.25) is 0 Å². The van der Waals surface area contributed by atoms with Crippen molar-refractivity contribution in [1.29, 1.82) is 0 Å². The van der Waals surface area contributed by atoms with E-state index in [4.69, 9.17) is 0 Å². The van der Waals surface area contributed by atoms with Crippen LogP contribution in [-0.2, 0) is 5.41 Å². The van der Waals surface area contributed by atoms with Crippen LogP contribution in [0.1, 0.15) is 31.9 Å². The molecule has 1 nitrogen and oxygen atoms in total. The normalized spacial score (nSPS) is 11.3. The Morgan fingerprint density at radius 1 is 0.833 bits per heavy atom. The van der Waals surface area contributed by atoms with Crippen molar-refractivity contribution in [2.24, 2.45) is 0 Å². The zero-order chi connectivity index (χ0) is 13.2. The summed E-state index contributed by atoms with van der Waals surface area (Å²) in [4.78, 5) is 0. The van der Waals surface area contributed by atoms with Gasteiger partial charge in [0.2, 0.25) is 0 Å². The van der Waals surface area contributed by atoms with E-state index in [0.717, 1.165) is 11.4 Å². The molecule has 0 spiro atoms. The van der Waals surface area contributed by atoms with Crippen LogP contribution in [0.25, 0.3) is 0 Å². The highest BCUT2D eigenvalue weighted by molar-refractivity contribution is 5.60. The topological polar surface area (TPSA) is 12.0 Å². The van der Waals surface area contributed by atoms with Gasteiger partial charge in [-0.2, -0.15) is 0 Å². The molecule has 18 heavy (non-hydrogen) atoms. The molecule has 0 unspecified atom stereocenters. The Bertz CT molecular complexity index is 518. The number of aryl methyl sites for hydroxylation is 1. The lowest BCUT2D eigenvalue weighted by Crippen LogP contribution is -2.10. The van der Waals surface area contributed by atoms with Gasteiger partial charge in [0, 0.05) is 11.4 Å². The van der Waals surface area contributed by atoms with Gasteiger partial charge in [0.05, 0.1) is 0 Å². The number of nitrogens with one attached hydrogen (secondary N) is 1. The molecular formula is C17H21N. The summed E-state index contributed by atoms with van der Waals surface area (Å²) in [5.74, 6) is 0. The van der Waals surface area contributed by atoms with E-state index in [1.54, 1.807) is 0 Å². The van der Waals surface area contributed by atoms with E-state index in [1.807, 2.05) is 0 Å². The van der Waals surface area contributed by atoms with Gasteiger partial charge in [-0.1, -0.05) is 45.0 Å². The third kappa shape index (κ3) is 3.13. The van der Waals surface area contributed by atoms with Crippen molar-refractivity contribution in [2.75, 3.05) is 5.32 Å². The molecule has 0 atom stereocenters. The first-order valence-corrected chi connectivity index (χ1v) is 6.39. The van der Waals surface area contributed by atoms with Crippen LogP contribution in [0.2, 0.25) is 0 Å². The molecular weight excluding hydrogens is 218 g/mol. The number of anilines is 2. The Hall–Kier alpha value is -1.76. The third-order valence-corrected chi connectivity index (χ3v) is 3.06. The predicted octanol–water partition coefficient (Wildman–Crippen LogP) is 5.04. The minimum Gasteiger partial charge on any atom is -0.356 e. The molecule has 2 aromatic carbocycles. The van der Waals surface area contributed by atoms with Gasteiger partial charge >= 0.3 is 0 Å². The summed E-state index contributed by atoms with van der Waals surface area (Å²) in [7, 11) is 0. The molecule has 0 saturated carbocycles. The van der Waals surface area contributed by atoms with Crippen LogP contribution in [0.5, 0.6) is 0 Å². The van der Waals surface area contributed by atoms with Gasteiger partial charge in [0.1, 0.15) is 0 Å². The number of benzene rings is 2. The van der Waals surface area contributed by atoms with Gasteiger partial charge in [-0.15, -0.1) is 0 Å². The van der Waals surface area contributed by atoms with Crippen molar-refractivity contribution in [3.05, 3.63) is 59.7 Å². The fourth-order valence-electron chi connectivity index (χ4n) is 1.94. The second-order valence-electron chi connectivity index (χ2n) is 5.82. The second kappa shape index (κ2) is 4.85. The molecule has 1 heteroatoms. The molecule has 0 bridgehead atoms. The summed E-state index contributed by atoms with van der Waals surface area (Å²) in [6.45, 7) is 8.80. The summed E-state index contributed by atoms with van der Waals surface area (Å²) in [5, 5.41) is 3.42. The predicted molar refractivity (Wildman–Crippen MR) is 79.6 cm³/mol. The molecule has 2 rings (SSSR count). The van der Waals surface area contributed by atoms with Crippen LogP contribution < -0.4 is 5.32 Å². The Balaban J connectivity index is 2.16. The zero-order valence-electron chi connectivity index (χ0n) is 11.6. The van der Waals surface area contributed by atoms with Crippen LogP contribution in [0.4, 0.5) is 11.4 Å². The van der Waals surface area contributed by atoms with Crippen molar-refractivity contribution < 1.29 is 0 Å². The lowest BCUT2D eigenvalue weighted by atomic mass is 9.87. The molecule has 0 radical (unpaired) electrons. The zero-order valence-corrected chi connectivity index (χ0v) is 11.6. The monoisotopic (exact) mass is 239 g/mol. The number of hydrogen-bond acceptors (Lipinski definition) is 1. The Labute approximate surface area is 110 Å². The molecule has 0 aromatic heterocycles. The largest absolute Gasteiger partial charge is 0.356 e. The summed E-state index contributed by atoms with van der Waals surface area (Å²) >= 11 is 0. The fourth-order valence-corrected chi connectivity index (χ4v) is 1.94. The van der Waals surface area contributed by atoms with Crippen LogP contribution in [0.3, 0.4) is 0 Å². The first-order valence-electron chi connectivity index (χ1n) is 6.39. The van der Waals surface area contributed by atoms with Gasteiger partial charge in [-0.25, -0.2) is 0 Å². The molecule has 1 N–H and O–H groups in total. The first-order chi connectivity index (χ1) is 8.45. The molecule has 0 aliphatic heterocycles. The van der Waals surface area contributed by atoms with Gasteiger partial charge in [0.25, 0.3) is 0 Å². The Kier molecular flexibility index (Phi) is 3.42. The van der Waals surface area contributed by atoms with Crippen molar-refractivity contribution in [3.63, 3.8) is 0 Å². The second-order valence-corrected chi connectivity index (χ2v) is 5.82. The highest BCUT2D eigenvalue weighted by Gasteiger charge is 2.12. The number of hydrogen-bond donors (Lipinski definition) is 1. The minimum absolute atomic E-state index is 0.210. The van der Waals surface area contributed by atoms with E-state index in [0.29, 0.717) is 0 Å². The highest BCUT2D eigenvalue weighted by atomic mass is 14.9. The van der Waals surface area contributed by atoms with Crippen molar-refractivity contribution >= 4 is 11.4 Å². The van der Waals surface area contributed by atoms with Crippen molar-refractivity contribution in [3.8, 4) is 0 Å². The van der Waals surface area contributed by atoms with Crippen LogP contribution in [-0.4, -0.2) is 0 Å². The molecule has 94 valence electrons. The van der Waals surface area contributed by atoms with E-state index in [1.165, 1.54) is 11.1 Å². The molecule has 0 amide bonds. The van der Waals surface area contributed by atoms with E-state index in [2.05, 4.69) is 81.5 Å². The summed E-state index contributed by atoms with van der Waals surface area (Å²) in [6.07, 6.45) is 0. The SMILES string of the molecule is Cc1cccc(Nc2ccc(C(C)(C)C)cc2)c1. The van der Waals surface area contributed by atoms with Crippen LogP contribution >= 0.6 is 0 Å². The van der Waals surface area contributed by atoms with Gasteiger partial charge in [0.15, 0.2) is 0 Å². The molecule has 0 heterocycles. The van der Waals surface area contributed by atoms with E-state index in [-0.39, 0.29) is 5.41 Å². The van der Waals surface area contributed by atoms with E-state index in [9.17, 15) is 0 Å². The Morgan fingerprint density at radius 3 is 2.06 bits per heavy atom. The summed E-state index contributed by atoms with van der Waals surface area (Å²) in [5.41, 5.74) is 5.11. The minimum atomic E-state index is 0.210. The molecule has 0 saturated heterocycles. The summed E-state index contributed by atoms with van der Waals surface area (Å²) in [6, 6.07) is 17.1. The maximum Gasteiger partial charge on any atom is 0.0386 e. The maximum absolute atomic E-state index is 3.42. The lowest BCUT2D eigenvalue weighted by molar-refractivity contribution is 0.590. The Morgan fingerprint density at radius 2 is 1.50 bits per heavy atom. The molecule has 2 aromatic rings. The summed E-state index contributed by atoms with van der Waals surface area (Å²) < 4.78 is 0. The molecule has 0 aliphatic carbocycles. The maximum atomic E-state index is 3.42. The van der Waals surface area contributed by atoms with Gasteiger partial charge < -0.3 is 5.32 Å². The first kappa shape index (κ1) is 12.7. The van der Waals surface area contributed by atoms with Crippen LogP contribution in [0.15, 0.2) is 48.5 Å². The van der Waals surface area contributed by atoms with Crippen LogP contribution in [0, 0.1) is 6.92 Å². The lowest BCUT2D eigenvalue weighted by Gasteiger charge is -2.19. The standard InChI is InChI=1S/C17H21N/c1-13-6-5-7-16(12-13)18-15-10-8-14(9-11-15)17(2,3)4/h5-12,18H,1-4H3. The fraction of sp³-hybridized carbons (Fsp3) is 0.294. The van der Waals surface area contributed by atoms with Crippen molar-refractivity contribution in [2.45, 2.75) is 33.1 Å². The van der Waals surface area contributed by atoms with E-state index >= 15 is 0 Å². The third-order valence-electron chi connectivity index (χ3n) is 3.06. The van der Waals surface area contributed by atoms with E-state index < -0.39 is 0 Å². The average molecular weight is 239 g/mol. The van der Waals surface area contributed by atoms with Gasteiger partial charge in [-0.05, 0) is 47.7 Å². The number of rotatable bonds is 2. The van der Waals surface area contributed by atoms with Crippen molar-refractivity contribution in [1.82, 2.24) is 0 Å². The quantitative estimate of drug-likeness (QED) is 0.774.